The van der Waals surface area contributed by atoms with E-state index in [1.165, 1.54) is 6.07 Å². The molecule has 0 aromatic heterocycles. The number of nitrogens with one attached hydrogen (secondary N) is 2. The second-order valence-corrected chi connectivity index (χ2v) is 7.32. The van der Waals surface area contributed by atoms with Crippen molar-refractivity contribution in [3.63, 3.8) is 0 Å². The number of hydrogen-bond acceptors (Lipinski definition) is 4. The van der Waals surface area contributed by atoms with Crippen LogP contribution in [0, 0.1) is 5.82 Å². The van der Waals surface area contributed by atoms with Crippen molar-refractivity contribution in [3.05, 3.63) is 53.8 Å². The van der Waals surface area contributed by atoms with Crippen molar-refractivity contribution < 1.29 is 13.9 Å². The van der Waals surface area contributed by atoms with E-state index in [0.29, 0.717) is 24.6 Å². The maximum atomic E-state index is 13.7. The first kappa shape index (κ1) is 25.0. The van der Waals surface area contributed by atoms with Crippen molar-refractivity contribution in [1.82, 2.24) is 10.6 Å². The highest BCUT2D eigenvalue weighted by atomic mass is 127. The van der Waals surface area contributed by atoms with Crippen LogP contribution >= 0.6 is 24.0 Å². The second-order valence-electron chi connectivity index (χ2n) is 7.32. The van der Waals surface area contributed by atoms with Crippen LogP contribution in [-0.2, 0) is 6.42 Å². The number of nitrogens with zero attached hydrogens (tertiary/aromatic N) is 2. The minimum absolute atomic E-state index is 0. The average Bonchev–Trinajstić information content (AvgIpc) is 2.79. The molecular formula is C23H32FIN4O2. The van der Waals surface area contributed by atoms with Gasteiger partial charge in [-0.15, -0.1) is 24.0 Å². The lowest BCUT2D eigenvalue weighted by Crippen LogP contribution is -2.49. The lowest BCUT2D eigenvalue weighted by molar-refractivity contribution is 0.393. The summed E-state index contributed by atoms with van der Waals surface area (Å²) >= 11 is 0. The predicted molar refractivity (Wildman–Crippen MR) is 135 cm³/mol. The Balaban J connectivity index is 0.00000341. The summed E-state index contributed by atoms with van der Waals surface area (Å²) in [5.74, 6) is 2.18. The Morgan fingerprint density at radius 3 is 2.32 bits per heavy atom. The van der Waals surface area contributed by atoms with Crippen LogP contribution in [0.1, 0.15) is 18.4 Å². The topological polar surface area (TPSA) is 58.1 Å². The highest BCUT2D eigenvalue weighted by Gasteiger charge is 2.21. The minimum Gasteiger partial charge on any atom is -0.497 e. The summed E-state index contributed by atoms with van der Waals surface area (Å²) in [6.45, 7) is 2.49. The third kappa shape index (κ3) is 7.15. The van der Waals surface area contributed by atoms with E-state index in [4.69, 9.17) is 9.47 Å². The summed E-state index contributed by atoms with van der Waals surface area (Å²) in [6.07, 6.45) is 2.60. The Morgan fingerprint density at radius 2 is 1.74 bits per heavy atom. The van der Waals surface area contributed by atoms with E-state index in [0.717, 1.165) is 49.1 Å². The van der Waals surface area contributed by atoms with Gasteiger partial charge in [-0.05, 0) is 30.9 Å². The highest BCUT2D eigenvalue weighted by molar-refractivity contribution is 14.0. The van der Waals surface area contributed by atoms with Gasteiger partial charge in [0, 0.05) is 56.6 Å². The zero-order valence-corrected chi connectivity index (χ0v) is 20.7. The molecule has 1 heterocycles. The van der Waals surface area contributed by atoms with Gasteiger partial charge in [0.2, 0.25) is 0 Å². The maximum Gasteiger partial charge on any atom is 0.191 e. The van der Waals surface area contributed by atoms with Crippen molar-refractivity contribution >= 4 is 35.6 Å². The number of halogens is 2. The molecule has 170 valence electrons. The summed E-state index contributed by atoms with van der Waals surface area (Å²) in [4.78, 5) is 6.66. The number of anilines is 1. The molecule has 0 unspecified atom stereocenters. The summed E-state index contributed by atoms with van der Waals surface area (Å²) in [7, 11) is 5.09. The molecule has 0 saturated carbocycles. The molecule has 0 atom stereocenters. The molecule has 2 aromatic rings. The fourth-order valence-electron chi connectivity index (χ4n) is 3.66. The zero-order chi connectivity index (χ0) is 21.3. The van der Waals surface area contributed by atoms with Gasteiger partial charge in [0.1, 0.15) is 17.3 Å². The quantitative estimate of drug-likeness (QED) is 0.317. The molecule has 0 aliphatic carbocycles. The summed E-state index contributed by atoms with van der Waals surface area (Å²) in [5, 5.41) is 6.78. The number of ether oxygens (including phenoxy) is 2. The molecule has 2 N–H and O–H groups in total. The minimum atomic E-state index is -0.163. The van der Waals surface area contributed by atoms with Crippen LogP contribution in [0.25, 0.3) is 0 Å². The molecule has 1 aliphatic heterocycles. The Bertz CT molecular complexity index is 835. The van der Waals surface area contributed by atoms with Crippen molar-refractivity contribution in [1.29, 1.82) is 0 Å². The highest BCUT2D eigenvalue weighted by Crippen LogP contribution is 2.30. The molecule has 0 amide bonds. The number of benzene rings is 2. The second kappa shape index (κ2) is 12.6. The number of hydrogen-bond donors (Lipinski definition) is 2. The summed E-state index contributed by atoms with van der Waals surface area (Å²) < 4.78 is 24.5. The van der Waals surface area contributed by atoms with Gasteiger partial charge in [-0.3, -0.25) is 4.99 Å². The molecule has 6 nitrogen and oxygen atoms in total. The van der Waals surface area contributed by atoms with Crippen LogP contribution < -0.4 is 25.0 Å². The lowest BCUT2D eigenvalue weighted by Gasteiger charge is -2.34. The number of guanidine groups is 1. The van der Waals surface area contributed by atoms with Crippen LogP contribution in [0.15, 0.2) is 47.5 Å². The molecule has 0 radical (unpaired) electrons. The zero-order valence-electron chi connectivity index (χ0n) is 18.4. The van der Waals surface area contributed by atoms with Gasteiger partial charge in [0.25, 0.3) is 0 Å². The van der Waals surface area contributed by atoms with Gasteiger partial charge < -0.3 is 25.0 Å². The first-order chi connectivity index (χ1) is 14.6. The van der Waals surface area contributed by atoms with Gasteiger partial charge in [-0.2, -0.15) is 0 Å². The van der Waals surface area contributed by atoms with Crippen LogP contribution in [0.5, 0.6) is 11.5 Å². The number of methoxy groups -OCH3 is 2. The van der Waals surface area contributed by atoms with E-state index in [9.17, 15) is 4.39 Å². The van der Waals surface area contributed by atoms with Crippen molar-refractivity contribution in [2.24, 2.45) is 4.99 Å². The Kier molecular flexibility index (Phi) is 10.2. The average molecular weight is 542 g/mol. The summed E-state index contributed by atoms with van der Waals surface area (Å²) in [5.41, 5.74) is 1.82. The monoisotopic (exact) mass is 542 g/mol. The van der Waals surface area contributed by atoms with Gasteiger partial charge in [0.15, 0.2) is 5.96 Å². The third-order valence-corrected chi connectivity index (χ3v) is 5.41. The van der Waals surface area contributed by atoms with Crippen LogP contribution in [0.4, 0.5) is 10.1 Å². The molecule has 1 aliphatic rings. The summed E-state index contributed by atoms with van der Waals surface area (Å²) in [6, 6.07) is 13.2. The van der Waals surface area contributed by atoms with E-state index < -0.39 is 0 Å². The van der Waals surface area contributed by atoms with E-state index in [-0.39, 0.29) is 29.8 Å². The van der Waals surface area contributed by atoms with Gasteiger partial charge in [-0.25, -0.2) is 4.39 Å². The normalized spacial score (nSPS) is 14.6. The van der Waals surface area contributed by atoms with E-state index in [1.54, 1.807) is 27.3 Å². The molecule has 3 rings (SSSR count). The maximum absolute atomic E-state index is 13.7. The Labute approximate surface area is 201 Å². The molecule has 1 saturated heterocycles. The molecule has 0 spiro atoms. The molecule has 2 aromatic carbocycles. The molecule has 1 fully saturated rings. The van der Waals surface area contributed by atoms with Crippen LogP contribution in [0.2, 0.25) is 0 Å². The molecule has 0 bridgehead atoms. The predicted octanol–water partition coefficient (Wildman–Crippen LogP) is 3.84. The molecule has 8 heteroatoms. The number of aliphatic imine (C=N–C) groups is 1. The van der Waals surface area contributed by atoms with Gasteiger partial charge in [-0.1, -0.05) is 18.2 Å². The molecule has 31 heavy (non-hydrogen) atoms. The SMILES string of the molecule is CN=C(NCCc1ccccc1F)NC1CCN(c2cc(OC)cc(OC)c2)CC1.I. The number of piperidine rings is 1. The fourth-order valence-corrected chi connectivity index (χ4v) is 3.66. The Morgan fingerprint density at radius 1 is 1.10 bits per heavy atom. The molecular weight excluding hydrogens is 510 g/mol. The van der Waals surface area contributed by atoms with Gasteiger partial charge in [0.05, 0.1) is 14.2 Å². The third-order valence-electron chi connectivity index (χ3n) is 5.41. The standard InChI is InChI=1S/C23H31FN4O2.HI/c1-25-23(26-11-8-17-6-4-5-7-22(17)24)27-18-9-12-28(13-10-18)19-14-20(29-2)16-21(15-19)30-3;/h4-7,14-16,18H,8-13H2,1-3H3,(H2,25,26,27);1H. The lowest BCUT2D eigenvalue weighted by atomic mass is 10.0. The largest absolute Gasteiger partial charge is 0.497 e. The fraction of sp³-hybridized carbons (Fsp3) is 0.435. The van der Waals surface area contributed by atoms with E-state index in [1.807, 2.05) is 30.3 Å². The van der Waals surface area contributed by atoms with Crippen molar-refractivity contribution in [3.8, 4) is 11.5 Å². The van der Waals surface area contributed by atoms with Crippen molar-refractivity contribution in [2.45, 2.75) is 25.3 Å². The van der Waals surface area contributed by atoms with E-state index in [2.05, 4.69) is 20.5 Å². The van der Waals surface area contributed by atoms with Gasteiger partial charge >= 0.3 is 0 Å². The number of rotatable bonds is 7. The smallest absolute Gasteiger partial charge is 0.191 e. The first-order valence-electron chi connectivity index (χ1n) is 10.3. The van der Waals surface area contributed by atoms with E-state index >= 15 is 0 Å². The van der Waals surface area contributed by atoms with Crippen LogP contribution in [-0.4, -0.2) is 52.9 Å². The Hall–Kier alpha value is -2.23. The van der Waals surface area contributed by atoms with Crippen molar-refractivity contribution in [2.75, 3.05) is 45.8 Å². The van der Waals surface area contributed by atoms with Crippen LogP contribution in [0.3, 0.4) is 0 Å². The first-order valence-corrected chi connectivity index (χ1v) is 10.3.